The molecular formula is C20H28OP+. The maximum absolute atomic E-state index is 6.63. The van der Waals surface area contributed by atoms with Crippen LogP contribution in [0, 0.1) is 0 Å². The number of para-hydroxylation sites is 1. The summed E-state index contributed by atoms with van der Waals surface area (Å²) >= 11 is 0. The number of hydrogen-bond donors (Lipinski definition) is 0. The highest BCUT2D eigenvalue weighted by atomic mass is 31.2. The van der Waals surface area contributed by atoms with Crippen LogP contribution in [0.3, 0.4) is 0 Å². The normalized spacial score (nSPS) is 13.5. The molecule has 0 amide bonds. The number of hydrogen-bond acceptors (Lipinski definition) is 1. The standard InChI is InChI=1S/C20H28OP/c1-3-5-6-13-18-22(4-2,20-16-11-8-12-17-20)21-19-14-9-7-10-15-19/h7-12,14-17H,3-6,13,18H2,1-2H3/q+1. The lowest BCUT2D eigenvalue weighted by atomic mass is 10.2. The molecule has 0 aliphatic rings. The van der Waals surface area contributed by atoms with Crippen LogP contribution in [0.4, 0.5) is 0 Å². The summed E-state index contributed by atoms with van der Waals surface area (Å²) in [6.07, 6.45) is 7.45. The molecule has 0 fully saturated rings. The minimum Gasteiger partial charge on any atom is -0.345 e. The summed E-state index contributed by atoms with van der Waals surface area (Å²) in [6.45, 7) is 4.55. The summed E-state index contributed by atoms with van der Waals surface area (Å²) in [5, 5.41) is 1.40. The van der Waals surface area contributed by atoms with Gasteiger partial charge in [0.15, 0.2) is 5.75 Å². The highest BCUT2D eigenvalue weighted by Crippen LogP contribution is 2.58. The Morgan fingerprint density at radius 3 is 2.00 bits per heavy atom. The van der Waals surface area contributed by atoms with Crippen LogP contribution < -0.4 is 9.83 Å². The first-order chi connectivity index (χ1) is 10.8. The van der Waals surface area contributed by atoms with E-state index in [1.165, 1.54) is 37.1 Å². The monoisotopic (exact) mass is 315 g/mol. The molecule has 1 unspecified atom stereocenters. The second kappa shape index (κ2) is 8.96. The van der Waals surface area contributed by atoms with E-state index in [1.54, 1.807) is 0 Å². The Morgan fingerprint density at radius 2 is 1.41 bits per heavy atom. The molecule has 1 atom stereocenters. The van der Waals surface area contributed by atoms with Gasteiger partial charge in [0.1, 0.15) is 5.30 Å². The summed E-state index contributed by atoms with van der Waals surface area (Å²) in [6, 6.07) is 21.2. The third kappa shape index (κ3) is 4.58. The zero-order valence-electron chi connectivity index (χ0n) is 13.9. The van der Waals surface area contributed by atoms with Crippen molar-refractivity contribution < 1.29 is 4.52 Å². The molecule has 2 aromatic rings. The molecule has 0 saturated heterocycles. The molecule has 0 heterocycles. The van der Waals surface area contributed by atoms with E-state index in [9.17, 15) is 0 Å². The molecule has 1 nitrogen and oxygen atoms in total. The van der Waals surface area contributed by atoms with Crippen LogP contribution in [-0.2, 0) is 0 Å². The van der Waals surface area contributed by atoms with Crippen molar-refractivity contribution in [1.82, 2.24) is 0 Å². The van der Waals surface area contributed by atoms with Crippen LogP contribution in [0.25, 0.3) is 0 Å². The molecule has 2 rings (SSSR count). The third-order valence-corrected chi connectivity index (χ3v) is 7.99. The van der Waals surface area contributed by atoms with Crippen LogP contribution >= 0.6 is 7.49 Å². The summed E-state index contributed by atoms with van der Waals surface area (Å²) < 4.78 is 6.63. The zero-order valence-corrected chi connectivity index (χ0v) is 14.8. The van der Waals surface area contributed by atoms with Crippen LogP contribution in [-0.4, -0.2) is 12.3 Å². The predicted octanol–water partition coefficient (Wildman–Crippen LogP) is 5.92. The van der Waals surface area contributed by atoms with Crippen LogP contribution in [0.1, 0.15) is 39.5 Å². The molecule has 2 heteroatoms. The van der Waals surface area contributed by atoms with E-state index in [2.05, 4.69) is 68.4 Å². The summed E-state index contributed by atoms with van der Waals surface area (Å²) in [5.41, 5.74) is 0. The highest BCUT2D eigenvalue weighted by molar-refractivity contribution is 7.78. The van der Waals surface area contributed by atoms with E-state index < -0.39 is 7.49 Å². The van der Waals surface area contributed by atoms with Gasteiger partial charge in [0.25, 0.3) is 0 Å². The van der Waals surface area contributed by atoms with Gasteiger partial charge in [0.2, 0.25) is 7.49 Å². The van der Waals surface area contributed by atoms with Crippen molar-refractivity contribution in [2.24, 2.45) is 0 Å². The average Bonchev–Trinajstić information content (AvgIpc) is 2.59. The van der Waals surface area contributed by atoms with Gasteiger partial charge in [-0.2, -0.15) is 0 Å². The van der Waals surface area contributed by atoms with Gasteiger partial charge < -0.3 is 4.52 Å². The minimum atomic E-state index is -1.59. The fourth-order valence-electron chi connectivity index (χ4n) is 2.81. The van der Waals surface area contributed by atoms with Gasteiger partial charge in [-0.05, 0) is 44.0 Å². The molecule has 0 spiro atoms. The molecule has 0 aliphatic carbocycles. The van der Waals surface area contributed by atoms with Crippen molar-refractivity contribution in [2.45, 2.75) is 39.5 Å². The van der Waals surface area contributed by atoms with Gasteiger partial charge in [-0.25, -0.2) is 0 Å². The largest absolute Gasteiger partial charge is 0.345 e. The van der Waals surface area contributed by atoms with Gasteiger partial charge in [0, 0.05) is 0 Å². The Morgan fingerprint density at radius 1 is 0.773 bits per heavy atom. The zero-order chi connectivity index (χ0) is 15.7. The lowest BCUT2D eigenvalue weighted by Crippen LogP contribution is -2.21. The quantitative estimate of drug-likeness (QED) is 0.412. The van der Waals surface area contributed by atoms with Crippen molar-refractivity contribution in [3.63, 3.8) is 0 Å². The van der Waals surface area contributed by atoms with Crippen LogP contribution in [0.2, 0.25) is 0 Å². The summed E-state index contributed by atoms with van der Waals surface area (Å²) in [5.74, 6) is 1.01. The Kier molecular flexibility index (Phi) is 6.93. The molecule has 0 aliphatic heterocycles. The van der Waals surface area contributed by atoms with E-state index in [-0.39, 0.29) is 0 Å². The SMILES string of the molecule is CCCCCC[P+](CC)(Oc1ccccc1)c1ccccc1. The van der Waals surface area contributed by atoms with E-state index in [1.807, 2.05) is 6.07 Å². The van der Waals surface area contributed by atoms with Crippen LogP contribution in [0.15, 0.2) is 60.7 Å². The summed E-state index contributed by atoms with van der Waals surface area (Å²) in [4.78, 5) is 0. The van der Waals surface area contributed by atoms with Gasteiger partial charge in [-0.1, -0.05) is 56.2 Å². The third-order valence-electron chi connectivity index (χ3n) is 4.13. The van der Waals surface area contributed by atoms with Crippen molar-refractivity contribution in [3.8, 4) is 5.75 Å². The Balaban J connectivity index is 2.21. The number of benzene rings is 2. The van der Waals surface area contributed by atoms with Gasteiger partial charge in [-0.3, -0.25) is 0 Å². The van der Waals surface area contributed by atoms with Crippen LogP contribution in [0.5, 0.6) is 5.75 Å². The Bertz CT molecular complexity index is 526. The smallest absolute Gasteiger partial charge is 0.222 e. The molecule has 0 saturated carbocycles. The lowest BCUT2D eigenvalue weighted by Gasteiger charge is -2.25. The molecule has 0 radical (unpaired) electrons. The molecule has 2 aromatic carbocycles. The molecular weight excluding hydrogens is 287 g/mol. The second-order valence-electron chi connectivity index (χ2n) is 5.73. The van der Waals surface area contributed by atoms with Gasteiger partial charge in [0.05, 0.1) is 12.3 Å². The van der Waals surface area contributed by atoms with Crippen molar-refractivity contribution in [1.29, 1.82) is 0 Å². The summed E-state index contributed by atoms with van der Waals surface area (Å²) in [7, 11) is -1.59. The Hall–Kier alpha value is -1.33. The van der Waals surface area contributed by atoms with Crippen molar-refractivity contribution in [2.75, 3.05) is 12.3 Å². The maximum atomic E-state index is 6.63. The Labute approximate surface area is 136 Å². The number of rotatable bonds is 9. The predicted molar refractivity (Wildman–Crippen MR) is 99.6 cm³/mol. The average molecular weight is 315 g/mol. The fraction of sp³-hybridized carbons (Fsp3) is 0.400. The first-order valence-electron chi connectivity index (χ1n) is 8.48. The highest BCUT2D eigenvalue weighted by Gasteiger charge is 2.41. The van der Waals surface area contributed by atoms with Gasteiger partial charge >= 0.3 is 0 Å². The number of unbranched alkanes of at least 4 members (excludes halogenated alkanes) is 3. The topological polar surface area (TPSA) is 9.23 Å². The van der Waals surface area contributed by atoms with E-state index >= 15 is 0 Å². The molecule has 0 bridgehead atoms. The first kappa shape index (κ1) is 17.0. The maximum Gasteiger partial charge on any atom is 0.222 e. The van der Waals surface area contributed by atoms with E-state index in [4.69, 9.17) is 4.52 Å². The van der Waals surface area contributed by atoms with Crippen molar-refractivity contribution in [3.05, 3.63) is 60.7 Å². The van der Waals surface area contributed by atoms with E-state index in [0.717, 1.165) is 11.9 Å². The first-order valence-corrected chi connectivity index (χ1v) is 10.6. The molecule has 0 N–H and O–H groups in total. The molecule has 0 aromatic heterocycles. The van der Waals surface area contributed by atoms with Crippen molar-refractivity contribution >= 4 is 12.8 Å². The van der Waals surface area contributed by atoms with E-state index in [0.29, 0.717) is 0 Å². The molecule has 22 heavy (non-hydrogen) atoms. The fourth-order valence-corrected chi connectivity index (χ4v) is 6.05. The van der Waals surface area contributed by atoms with Gasteiger partial charge in [-0.15, -0.1) is 0 Å². The minimum absolute atomic E-state index is 1.01. The lowest BCUT2D eigenvalue weighted by molar-refractivity contribution is 0.593. The second-order valence-corrected chi connectivity index (χ2v) is 9.29. The molecule has 118 valence electrons.